The van der Waals surface area contributed by atoms with Gasteiger partial charge in [0, 0.05) is 36.0 Å². The smallest absolute Gasteiger partial charge is 0.384 e. The summed E-state index contributed by atoms with van der Waals surface area (Å²) in [6, 6.07) is 36.7. The Hall–Kier alpha value is -3.01. The molecule has 0 fully saturated rings. The van der Waals surface area contributed by atoms with Gasteiger partial charge in [0.25, 0.3) is 9.05 Å². The van der Waals surface area contributed by atoms with Gasteiger partial charge in [0.1, 0.15) is 0 Å². The van der Waals surface area contributed by atoms with Crippen molar-refractivity contribution in [2.45, 2.75) is 33.9 Å². The highest BCUT2D eigenvalue weighted by Crippen LogP contribution is 2.33. The van der Waals surface area contributed by atoms with Gasteiger partial charge in [-0.2, -0.15) is 0 Å². The lowest BCUT2D eigenvalue weighted by molar-refractivity contribution is 0.595. The predicted octanol–water partition coefficient (Wildman–Crippen LogP) is 7.81. The molecule has 0 saturated carbocycles. The minimum atomic E-state index is -3.58. The number of rotatable bonds is 5. The van der Waals surface area contributed by atoms with E-state index in [-0.39, 0.29) is 14.7 Å². The molecular formula is C38H40AlCl4N3O8S4. The van der Waals surface area contributed by atoms with Crippen LogP contribution in [0.1, 0.15) is 16.7 Å². The van der Waals surface area contributed by atoms with Gasteiger partial charge >= 0.3 is 11.4 Å². The maximum Gasteiger partial charge on any atom is 0.643 e. The standard InChI is InChI=1S/C15H15NO4S2.C9H11NO2S.C8H9N.C6H5ClO2S.Al.3ClH/c1-21(17,18)16-10-9-12-11-14(7-8-15(12)16)22(19,20)13-5-3-2-4-6-13;1-13(11,12)10-7-6-8-4-2-3-5-9(8)10;1-2-4-8-7(3-1)5-6-9-8;7-10(8,9)6-4-2-1-3-5-6;;;;/h2-8,11H,9-10H2,1H3;2-5H,6-7H2,1H3;1-4,9H,5-6H2;1-5H;;3*1H/q;;;;+3;;;/p-3. The zero-order valence-corrected chi connectivity index (χ0v) is 38.7. The lowest BCUT2D eigenvalue weighted by Crippen LogP contribution is -2.27. The summed E-state index contributed by atoms with van der Waals surface area (Å²) in [5, 5.41) is 3.30. The number of para-hydroxylation sites is 2. The van der Waals surface area contributed by atoms with E-state index in [9.17, 15) is 33.7 Å². The van der Waals surface area contributed by atoms with Gasteiger partial charge in [0.2, 0.25) is 29.9 Å². The molecule has 8 rings (SSSR count). The van der Waals surface area contributed by atoms with E-state index < -0.39 is 50.3 Å². The Labute approximate surface area is 363 Å². The van der Waals surface area contributed by atoms with Crippen molar-refractivity contribution in [3.05, 3.63) is 144 Å². The van der Waals surface area contributed by atoms with Crippen molar-refractivity contribution in [2.24, 2.45) is 0 Å². The Morgan fingerprint density at radius 2 is 0.966 bits per heavy atom. The van der Waals surface area contributed by atoms with Crippen molar-refractivity contribution in [1.29, 1.82) is 0 Å². The van der Waals surface area contributed by atoms with E-state index in [4.69, 9.17) is 40.8 Å². The maximum absolute atomic E-state index is 12.6. The molecule has 58 heavy (non-hydrogen) atoms. The van der Waals surface area contributed by atoms with Crippen LogP contribution in [-0.2, 0) is 58.2 Å². The number of benzene rings is 5. The predicted molar refractivity (Wildman–Crippen MR) is 238 cm³/mol. The van der Waals surface area contributed by atoms with Crippen LogP contribution in [0.4, 0.5) is 17.1 Å². The SMILES string of the molecule is CS(=O)(=O)N1CCc2cc(S(=O)(=O)c3ccccc3)ccc21.CS(=O)(=O)N1CCc2ccccc21.O=S(=O)(Cl)c1ccccc1.[Cl][Al]([Cl])[Cl].c1ccc2c(c1)CCN2. The Bertz CT molecular complexity index is 2580. The van der Waals surface area contributed by atoms with Gasteiger partial charge in [-0.05, 0) is 90.6 Å². The van der Waals surface area contributed by atoms with E-state index in [0.29, 0.717) is 25.2 Å². The number of halogens is 4. The third-order valence-corrected chi connectivity index (χ3v) is 14.2. The first-order chi connectivity index (χ1) is 27.2. The number of fused-ring (bicyclic) bond motifs is 3. The second kappa shape index (κ2) is 21.0. The first-order valence-corrected chi connectivity index (χ1v) is 30.1. The molecule has 0 bridgehead atoms. The number of hydrogen-bond donors (Lipinski definition) is 1. The van der Waals surface area contributed by atoms with E-state index in [0.717, 1.165) is 36.0 Å². The van der Waals surface area contributed by atoms with Crippen molar-refractivity contribution < 1.29 is 33.7 Å². The lowest BCUT2D eigenvalue weighted by atomic mass is 10.2. The van der Waals surface area contributed by atoms with Crippen molar-refractivity contribution in [2.75, 3.05) is 46.1 Å². The highest BCUT2D eigenvalue weighted by atomic mass is 35.8. The molecule has 0 atom stereocenters. The molecule has 3 heterocycles. The molecule has 5 aromatic rings. The quantitative estimate of drug-likeness (QED) is 0.137. The van der Waals surface area contributed by atoms with E-state index in [2.05, 4.69) is 29.6 Å². The normalized spacial score (nSPS) is 13.9. The van der Waals surface area contributed by atoms with Crippen LogP contribution in [0.15, 0.2) is 142 Å². The van der Waals surface area contributed by atoms with Gasteiger partial charge in [0.05, 0.1) is 38.6 Å². The second-order valence-corrected chi connectivity index (χ2v) is 27.5. The van der Waals surface area contributed by atoms with Gasteiger partial charge in [-0.1, -0.05) is 72.8 Å². The third-order valence-electron chi connectivity index (χ3n) is 8.66. The Morgan fingerprint density at radius 3 is 1.47 bits per heavy atom. The van der Waals surface area contributed by atoms with E-state index in [1.54, 1.807) is 60.7 Å². The zero-order chi connectivity index (χ0) is 42.7. The summed E-state index contributed by atoms with van der Waals surface area (Å²) in [5.74, 6) is 0. The van der Waals surface area contributed by atoms with E-state index >= 15 is 0 Å². The fraction of sp³-hybridized carbons (Fsp3) is 0.211. The van der Waals surface area contributed by atoms with Crippen molar-refractivity contribution in [3.8, 4) is 0 Å². The molecule has 11 nitrogen and oxygen atoms in total. The fourth-order valence-corrected chi connectivity index (χ4v) is 10.1. The summed E-state index contributed by atoms with van der Waals surface area (Å²) in [5.41, 5.74) is 6.03. The molecule has 0 saturated heterocycles. The van der Waals surface area contributed by atoms with Crippen LogP contribution in [0, 0.1) is 0 Å². The number of sulfonamides is 2. The minimum Gasteiger partial charge on any atom is -0.384 e. The second-order valence-electron chi connectivity index (χ2n) is 12.7. The van der Waals surface area contributed by atoms with Crippen molar-refractivity contribution in [1.82, 2.24) is 0 Å². The molecular weight excluding hydrogens is 923 g/mol. The van der Waals surface area contributed by atoms with Crippen molar-refractivity contribution >= 4 is 108 Å². The first kappa shape index (κ1) is 47.7. The number of nitrogens with one attached hydrogen (secondary N) is 1. The van der Waals surface area contributed by atoms with E-state index in [1.165, 1.54) is 50.7 Å². The average molecular weight is 964 g/mol. The van der Waals surface area contributed by atoms with Crippen LogP contribution in [0.25, 0.3) is 0 Å². The van der Waals surface area contributed by atoms with Crippen LogP contribution in [0.5, 0.6) is 0 Å². The van der Waals surface area contributed by atoms with Crippen molar-refractivity contribution in [3.63, 3.8) is 0 Å². The molecule has 310 valence electrons. The topological polar surface area (TPSA) is 155 Å². The largest absolute Gasteiger partial charge is 0.643 e. The molecule has 1 N–H and O–H groups in total. The summed E-state index contributed by atoms with van der Waals surface area (Å²) in [7, 11) is 6.34. The molecule has 0 radical (unpaired) electrons. The maximum atomic E-state index is 12.6. The van der Waals surface area contributed by atoms with Crippen LogP contribution in [0.3, 0.4) is 0 Å². The number of nitrogens with zero attached hydrogens (tertiary/aromatic N) is 2. The molecule has 0 unspecified atom stereocenters. The lowest BCUT2D eigenvalue weighted by Gasteiger charge is -2.16. The molecule has 0 aromatic heterocycles. The van der Waals surface area contributed by atoms with Crippen LogP contribution < -0.4 is 13.9 Å². The Balaban J connectivity index is 0.000000176. The Morgan fingerprint density at radius 1 is 0.517 bits per heavy atom. The van der Waals surface area contributed by atoms with Crippen LogP contribution >= 0.6 is 40.8 Å². The van der Waals surface area contributed by atoms with Gasteiger partial charge in [-0.3, -0.25) is 8.61 Å². The van der Waals surface area contributed by atoms with E-state index in [1.807, 2.05) is 24.3 Å². The van der Waals surface area contributed by atoms with Crippen LogP contribution in [-0.4, -0.2) is 77.2 Å². The zero-order valence-electron chi connectivity index (χ0n) is 31.2. The molecule has 5 aromatic carbocycles. The first-order valence-electron chi connectivity index (χ1n) is 17.4. The number of sulfone groups is 1. The Kier molecular flexibility index (Phi) is 17.3. The highest BCUT2D eigenvalue weighted by molar-refractivity contribution is 8.13. The summed E-state index contributed by atoms with van der Waals surface area (Å²) in [4.78, 5) is 0.553. The molecule has 3 aliphatic rings. The fourth-order valence-electron chi connectivity index (χ4n) is 6.07. The summed E-state index contributed by atoms with van der Waals surface area (Å²) < 4.78 is 95.2. The summed E-state index contributed by atoms with van der Waals surface area (Å²) in [6.45, 7) is 2.04. The molecule has 0 spiro atoms. The van der Waals surface area contributed by atoms with Gasteiger partial charge in [-0.25, -0.2) is 63.8 Å². The van der Waals surface area contributed by atoms with Gasteiger partial charge in [-0.15, -0.1) is 0 Å². The van der Waals surface area contributed by atoms with Crippen LogP contribution in [0.2, 0.25) is 0 Å². The summed E-state index contributed by atoms with van der Waals surface area (Å²) >= 11 is -1.72. The van der Waals surface area contributed by atoms with Gasteiger partial charge in [0.15, 0.2) is 0 Å². The molecule has 0 amide bonds. The monoisotopic (exact) mass is 961 g/mol. The third kappa shape index (κ3) is 13.8. The number of anilines is 3. The average Bonchev–Trinajstić information content (AvgIpc) is 3.94. The highest BCUT2D eigenvalue weighted by Gasteiger charge is 2.28. The number of hydrogen-bond acceptors (Lipinski definition) is 9. The summed E-state index contributed by atoms with van der Waals surface area (Å²) in [6.07, 6.45) is 4.92. The molecule has 0 aliphatic carbocycles. The molecule has 3 aliphatic heterocycles. The minimum absolute atomic E-state index is 0.136. The van der Waals surface area contributed by atoms with Gasteiger partial charge < -0.3 is 5.32 Å². The molecule has 20 heteroatoms.